The lowest BCUT2D eigenvalue weighted by molar-refractivity contribution is -0.142. The second-order valence-corrected chi connectivity index (χ2v) is 6.27. The predicted molar refractivity (Wildman–Crippen MR) is 74.0 cm³/mol. The van der Waals surface area contributed by atoms with Gasteiger partial charge in [-0.1, -0.05) is 0 Å². The van der Waals surface area contributed by atoms with Gasteiger partial charge in [-0.3, -0.25) is 9.59 Å². The van der Waals surface area contributed by atoms with Crippen LogP contribution in [0.5, 0.6) is 0 Å². The van der Waals surface area contributed by atoms with Crippen LogP contribution in [0.4, 0.5) is 0 Å². The third-order valence-corrected chi connectivity index (χ3v) is 4.69. The van der Waals surface area contributed by atoms with Crippen molar-refractivity contribution in [2.45, 2.75) is 44.6 Å². The number of nitrogens with zero attached hydrogens (tertiary/aromatic N) is 1. The maximum atomic E-state index is 12.4. The molecule has 20 heavy (non-hydrogen) atoms. The molecule has 5 heteroatoms. The van der Waals surface area contributed by atoms with Gasteiger partial charge in [0.15, 0.2) is 0 Å². The molecule has 0 aromatic carbocycles. The smallest absolute Gasteiger partial charge is 0.225 e. The summed E-state index contributed by atoms with van der Waals surface area (Å²) in [5, 5.41) is 3.08. The Morgan fingerprint density at radius 3 is 2.10 bits per heavy atom. The zero-order valence-electron chi connectivity index (χ0n) is 12.0. The predicted octanol–water partition coefficient (Wildman–Crippen LogP) is 0.930. The van der Waals surface area contributed by atoms with Crippen molar-refractivity contribution < 1.29 is 14.3 Å². The number of nitrogens with one attached hydrogen (secondary N) is 1. The SMILES string of the molecule is O=C(NC1CC1)C1CCC(C(=O)N2CCOCC2)CC1. The Balaban J connectivity index is 1.45. The molecule has 1 saturated heterocycles. The summed E-state index contributed by atoms with van der Waals surface area (Å²) in [6.07, 6.45) is 5.71. The Hall–Kier alpha value is -1.10. The van der Waals surface area contributed by atoms with E-state index in [-0.39, 0.29) is 23.7 Å². The molecule has 2 saturated carbocycles. The summed E-state index contributed by atoms with van der Waals surface area (Å²) >= 11 is 0. The van der Waals surface area contributed by atoms with Crippen LogP contribution in [-0.2, 0) is 14.3 Å². The van der Waals surface area contributed by atoms with E-state index in [9.17, 15) is 9.59 Å². The van der Waals surface area contributed by atoms with E-state index in [1.54, 1.807) is 0 Å². The van der Waals surface area contributed by atoms with Crippen LogP contribution in [0, 0.1) is 11.8 Å². The highest BCUT2D eigenvalue weighted by Crippen LogP contribution is 2.31. The standard InChI is InChI=1S/C15H24N2O3/c18-14(16-13-5-6-13)11-1-3-12(4-2-11)15(19)17-7-9-20-10-8-17/h11-13H,1-10H2,(H,16,18). The maximum absolute atomic E-state index is 12.4. The molecule has 3 rings (SSSR count). The molecule has 0 bridgehead atoms. The van der Waals surface area contributed by atoms with E-state index in [0.29, 0.717) is 19.3 Å². The molecule has 2 aliphatic carbocycles. The van der Waals surface area contributed by atoms with Crippen molar-refractivity contribution in [1.82, 2.24) is 10.2 Å². The first kappa shape index (κ1) is 13.9. The molecule has 0 radical (unpaired) electrons. The molecule has 0 aromatic rings. The van der Waals surface area contributed by atoms with E-state index >= 15 is 0 Å². The minimum absolute atomic E-state index is 0.123. The second-order valence-electron chi connectivity index (χ2n) is 6.27. The lowest BCUT2D eigenvalue weighted by Gasteiger charge is -2.33. The molecule has 5 nitrogen and oxygen atoms in total. The minimum atomic E-state index is 0.123. The first-order chi connectivity index (χ1) is 9.74. The highest BCUT2D eigenvalue weighted by atomic mass is 16.5. The molecule has 1 aliphatic heterocycles. The summed E-state index contributed by atoms with van der Waals surface area (Å²) in [5.41, 5.74) is 0. The number of morpholine rings is 1. The Labute approximate surface area is 120 Å². The van der Waals surface area contributed by atoms with Crippen LogP contribution in [0.2, 0.25) is 0 Å². The van der Waals surface area contributed by atoms with Crippen LogP contribution in [-0.4, -0.2) is 49.1 Å². The summed E-state index contributed by atoms with van der Waals surface area (Å²) < 4.78 is 5.28. The van der Waals surface area contributed by atoms with Crippen molar-refractivity contribution in [3.8, 4) is 0 Å². The Morgan fingerprint density at radius 1 is 0.900 bits per heavy atom. The number of hydrogen-bond donors (Lipinski definition) is 1. The van der Waals surface area contributed by atoms with Crippen molar-refractivity contribution in [1.29, 1.82) is 0 Å². The van der Waals surface area contributed by atoms with Gasteiger partial charge in [0.2, 0.25) is 11.8 Å². The van der Waals surface area contributed by atoms with Gasteiger partial charge in [-0.25, -0.2) is 0 Å². The van der Waals surface area contributed by atoms with Gasteiger partial charge in [0.05, 0.1) is 13.2 Å². The lowest BCUT2D eigenvalue weighted by Crippen LogP contribution is -2.45. The van der Waals surface area contributed by atoms with E-state index in [1.807, 2.05) is 4.90 Å². The molecule has 1 N–H and O–H groups in total. The van der Waals surface area contributed by atoms with Gasteiger partial charge in [0.25, 0.3) is 0 Å². The minimum Gasteiger partial charge on any atom is -0.378 e. The van der Waals surface area contributed by atoms with Gasteiger partial charge in [-0.15, -0.1) is 0 Å². The molecule has 3 fully saturated rings. The molecule has 0 atom stereocenters. The van der Waals surface area contributed by atoms with Crippen LogP contribution in [0.1, 0.15) is 38.5 Å². The number of carbonyl (C=O) groups excluding carboxylic acids is 2. The van der Waals surface area contributed by atoms with Gasteiger partial charge < -0.3 is 15.0 Å². The summed E-state index contributed by atoms with van der Waals surface area (Å²) in [6.45, 7) is 2.76. The van der Waals surface area contributed by atoms with Crippen molar-refractivity contribution in [2.75, 3.05) is 26.3 Å². The van der Waals surface area contributed by atoms with Gasteiger partial charge in [0.1, 0.15) is 0 Å². The first-order valence-electron chi connectivity index (χ1n) is 7.91. The van der Waals surface area contributed by atoms with E-state index in [0.717, 1.165) is 51.6 Å². The Bertz CT molecular complexity index is 367. The molecule has 2 amide bonds. The summed E-state index contributed by atoms with van der Waals surface area (Å²) in [4.78, 5) is 26.3. The highest BCUT2D eigenvalue weighted by Gasteiger charge is 2.34. The van der Waals surface area contributed by atoms with Crippen molar-refractivity contribution in [3.63, 3.8) is 0 Å². The van der Waals surface area contributed by atoms with E-state index < -0.39 is 0 Å². The molecule has 1 heterocycles. The molecule has 0 aromatic heterocycles. The molecular weight excluding hydrogens is 256 g/mol. The fourth-order valence-electron chi connectivity index (χ4n) is 3.19. The quantitative estimate of drug-likeness (QED) is 0.836. The van der Waals surface area contributed by atoms with Crippen LogP contribution in [0.15, 0.2) is 0 Å². The van der Waals surface area contributed by atoms with E-state index in [2.05, 4.69) is 5.32 Å². The monoisotopic (exact) mass is 280 g/mol. The highest BCUT2D eigenvalue weighted by molar-refractivity contribution is 5.81. The average Bonchev–Trinajstić information content (AvgIpc) is 3.31. The number of amides is 2. The summed E-state index contributed by atoms with van der Waals surface area (Å²) in [5.74, 6) is 0.738. The van der Waals surface area contributed by atoms with Crippen molar-refractivity contribution in [3.05, 3.63) is 0 Å². The summed E-state index contributed by atoms with van der Waals surface area (Å²) in [7, 11) is 0. The number of rotatable bonds is 3. The fourth-order valence-corrected chi connectivity index (χ4v) is 3.19. The number of carbonyl (C=O) groups is 2. The zero-order valence-corrected chi connectivity index (χ0v) is 12.0. The van der Waals surface area contributed by atoms with Gasteiger partial charge in [-0.2, -0.15) is 0 Å². The van der Waals surface area contributed by atoms with Crippen LogP contribution < -0.4 is 5.32 Å². The van der Waals surface area contributed by atoms with Gasteiger partial charge >= 0.3 is 0 Å². The first-order valence-corrected chi connectivity index (χ1v) is 7.91. The number of ether oxygens (including phenoxy) is 1. The second kappa shape index (κ2) is 6.12. The van der Waals surface area contributed by atoms with Crippen LogP contribution in [0.25, 0.3) is 0 Å². The van der Waals surface area contributed by atoms with Crippen LogP contribution in [0.3, 0.4) is 0 Å². The summed E-state index contributed by atoms with van der Waals surface area (Å²) in [6, 6.07) is 0.440. The van der Waals surface area contributed by atoms with E-state index in [4.69, 9.17) is 4.74 Å². The Kier molecular flexibility index (Phi) is 4.24. The van der Waals surface area contributed by atoms with Crippen LogP contribution >= 0.6 is 0 Å². The average molecular weight is 280 g/mol. The lowest BCUT2D eigenvalue weighted by atomic mass is 9.81. The Morgan fingerprint density at radius 2 is 1.50 bits per heavy atom. The molecule has 0 unspecified atom stereocenters. The van der Waals surface area contributed by atoms with Gasteiger partial charge in [0, 0.05) is 31.0 Å². The molecular formula is C15H24N2O3. The molecule has 0 spiro atoms. The topological polar surface area (TPSA) is 58.6 Å². The third-order valence-electron chi connectivity index (χ3n) is 4.69. The third kappa shape index (κ3) is 3.32. The van der Waals surface area contributed by atoms with Crippen molar-refractivity contribution >= 4 is 11.8 Å². The number of hydrogen-bond acceptors (Lipinski definition) is 3. The fraction of sp³-hybridized carbons (Fsp3) is 0.867. The normalized spacial score (nSPS) is 30.9. The maximum Gasteiger partial charge on any atom is 0.225 e. The van der Waals surface area contributed by atoms with Gasteiger partial charge in [-0.05, 0) is 38.5 Å². The van der Waals surface area contributed by atoms with E-state index in [1.165, 1.54) is 0 Å². The van der Waals surface area contributed by atoms with Crippen molar-refractivity contribution in [2.24, 2.45) is 11.8 Å². The molecule has 112 valence electrons. The zero-order chi connectivity index (χ0) is 13.9. The largest absolute Gasteiger partial charge is 0.378 e. The molecule has 3 aliphatic rings.